The fourth-order valence-electron chi connectivity index (χ4n) is 3.16. The molecule has 0 radical (unpaired) electrons. The molecule has 9 heteroatoms. The van der Waals surface area contributed by atoms with Crippen molar-refractivity contribution in [3.05, 3.63) is 66.6 Å². The van der Waals surface area contributed by atoms with Crippen LogP contribution >= 0.6 is 11.8 Å². The Labute approximate surface area is 176 Å². The zero-order valence-corrected chi connectivity index (χ0v) is 16.6. The molecule has 2 aromatic carbocycles. The van der Waals surface area contributed by atoms with Gasteiger partial charge < -0.3 is 14.8 Å². The van der Waals surface area contributed by atoms with Crippen molar-refractivity contribution in [2.75, 3.05) is 17.9 Å². The highest BCUT2D eigenvalue weighted by Gasteiger charge is 2.15. The quantitative estimate of drug-likeness (QED) is 0.379. The number of thioether (sulfide) groups is 1. The number of aromatic nitrogens is 4. The van der Waals surface area contributed by atoms with Crippen LogP contribution in [0.5, 0.6) is 11.5 Å². The van der Waals surface area contributed by atoms with Gasteiger partial charge in [-0.15, -0.1) is 0 Å². The smallest absolute Gasteiger partial charge is 0.234 e. The molecule has 1 amide bonds. The molecule has 0 unspecified atom stereocenters. The summed E-state index contributed by atoms with van der Waals surface area (Å²) in [6.07, 6.45) is 3.25. The molecule has 0 atom stereocenters. The average Bonchev–Trinajstić information content (AvgIpc) is 3.40. The van der Waals surface area contributed by atoms with Gasteiger partial charge in [-0.3, -0.25) is 4.79 Å². The summed E-state index contributed by atoms with van der Waals surface area (Å²) in [5.41, 5.74) is 2.54. The standard InChI is InChI=1S/C21H17N5O3S/c27-19(25-15-6-7-17-18(8-15)29-13-28-17)11-30-21-16-9-24-26(20(16)22-12-23-21)10-14-4-2-1-3-5-14/h1-9,12H,10-11,13H2,(H,25,27). The van der Waals surface area contributed by atoms with Gasteiger partial charge in [0.1, 0.15) is 11.4 Å². The highest BCUT2D eigenvalue weighted by molar-refractivity contribution is 8.00. The Hall–Kier alpha value is -3.59. The predicted molar refractivity (Wildman–Crippen MR) is 113 cm³/mol. The normalized spacial score (nSPS) is 12.3. The fraction of sp³-hybridized carbons (Fsp3) is 0.143. The number of nitrogens with one attached hydrogen (secondary N) is 1. The van der Waals surface area contributed by atoms with Crippen molar-refractivity contribution < 1.29 is 14.3 Å². The third kappa shape index (κ3) is 3.79. The van der Waals surface area contributed by atoms with Crippen LogP contribution < -0.4 is 14.8 Å². The van der Waals surface area contributed by atoms with E-state index in [4.69, 9.17) is 9.47 Å². The maximum atomic E-state index is 12.4. The predicted octanol–water partition coefficient (Wildman–Crippen LogP) is 3.33. The maximum absolute atomic E-state index is 12.4. The number of fused-ring (bicyclic) bond motifs is 2. The van der Waals surface area contributed by atoms with Crippen molar-refractivity contribution in [3.63, 3.8) is 0 Å². The molecule has 150 valence electrons. The van der Waals surface area contributed by atoms with Crippen LogP contribution in [0, 0.1) is 0 Å². The van der Waals surface area contributed by atoms with Crippen molar-refractivity contribution in [3.8, 4) is 11.5 Å². The lowest BCUT2D eigenvalue weighted by Gasteiger charge is -2.07. The first-order chi connectivity index (χ1) is 14.8. The van der Waals surface area contributed by atoms with Gasteiger partial charge >= 0.3 is 0 Å². The Morgan fingerprint density at radius 2 is 1.97 bits per heavy atom. The van der Waals surface area contributed by atoms with Gasteiger partial charge in [-0.25, -0.2) is 14.6 Å². The summed E-state index contributed by atoms with van der Waals surface area (Å²) < 4.78 is 12.5. The summed E-state index contributed by atoms with van der Waals surface area (Å²) in [7, 11) is 0. The van der Waals surface area contributed by atoms with Gasteiger partial charge in [-0.05, 0) is 17.7 Å². The van der Waals surface area contributed by atoms with Gasteiger partial charge in [0.05, 0.1) is 23.9 Å². The highest BCUT2D eigenvalue weighted by atomic mass is 32.2. The number of anilines is 1. The summed E-state index contributed by atoms with van der Waals surface area (Å²) in [6.45, 7) is 0.820. The zero-order valence-electron chi connectivity index (χ0n) is 15.8. The number of hydrogen-bond donors (Lipinski definition) is 1. The Morgan fingerprint density at radius 1 is 1.10 bits per heavy atom. The molecular weight excluding hydrogens is 402 g/mol. The van der Waals surface area contributed by atoms with Crippen LogP contribution in [0.25, 0.3) is 11.0 Å². The largest absolute Gasteiger partial charge is 0.454 e. The second-order valence-electron chi connectivity index (χ2n) is 6.61. The fourth-order valence-corrected chi connectivity index (χ4v) is 3.92. The number of hydrogen-bond acceptors (Lipinski definition) is 7. The molecule has 8 nitrogen and oxygen atoms in total. The van der Waals surface area contributed by atoms with Gasteiger partial charge in [0.25, 0.3) is 0 Å². The maximum Gasteiger partial charge on any atom is 0.234 e. The van der Waals surface area contributed by atoms with Crippen molar-refractivity contribution in [2.45, 2.75) is 11.6 Å². The topological polar surface area (TPSA) is 91.2 Å². The number of ether oxygens (including phenoxy) is 2. The molecule has 5 rings (SSSR count). The van der Waals surface area contributed by atoms with Crippen molar-refractivity contribution in [1.82, 2.24) is 19.7 Å². The molecule has 0 bridgehead atoms. The van der Waals surface area contributed by atoms with Crippen molar-refractivity contribution >= 4 is 34.4 Å². The number of benzene rings is 2. The van der Waals surface area contributed by atoms with Crippen LogP contribution in [0.3, 0.4) is 0 Å². The number of carbonyl (C=O) groups excluding carboxylic acids is 1. The van der Waals surface area contributed by atoms with E-state index in [1.165, 1.54) is 18.1 Å². The molecule has 0 saturated heterocycles. The summed E-state index contributed by atoms with van der Waals surface area (Å²) in [5, 5.41) is 8.87. The lowest BCUT2D eigenvalue weighted by molar-refractivity contribution is -0.113. The number of carbonyl (C=O) groups is 1. The molecule has 1 aliphatic rings. The van der Waals surface area contributed by atoms with E-state index in [1.807, 2.05) is 35.0 Å². The molecule has 30 heavy (non-hydrogen) atoms. The second kappa shape index (κ2) is 8.03. The van der Waals surface area contributed by atoms with Crippen molar-refractivity contribution in [1.29, 1.82) is 0 Å². The van der Waals surface area contributed by atoms with Crippen LogP contribution in [0.2, 0.25) is 0 Å². The van der Waals surface area contributed by atoms with Crippen molar-refractivity contribution in [2.24, 2.45) is 0 Å². The third-order valence-electron chi connectivity index (χ3n) is 4.57. The first kappa shape index (κ1) is 18.4. The minimum atomic E-state index is -0.137. The Balaban J connectivity index is 1.27. The zero-order chi connectivity index (χ0) is 20.3. The van der Waals surface area contributed by atoms with E-state index in [-0.39, 0.29) is 18.5 Å². The molecule has 1 N–H and O–H groups in total. The first-order valence-electron chi connectivity index (χ1n) is 9.29. The average molecular weight is 419 g/mol. The summed E-state index contributed by atoms with van der Waals surface area (Å²) >= 11 is 1.35. The lowest BCUT2D eigenvalue weighted by atomic mass is 10.2. The van der Waals surface area contributed by atoms with Gasteiger partial charge in [0, 0.05) is 11.8 Å². The minimum absolute atomic E-state index is 0.137. The molecular formula is C21H17N5O3S. The minimum Gasteiger partial charge on any atom is -0.454 e. The Morgan fingerprint density at radius 3 is 2.87 bits per heavy atom. The van der Waals surface area contributed by atoms with Crippen LogP contribution in [0.4, 0.5) is 5.69 Å². The summed E-state index contributed by atoms with van der Waals surface area (Å²) in [4.78, 5) is 21.1. The highest BCUT2D eigenvalue weighted by Crippen LogP contribution is 2.34. The number of rotatable bonds is 6. The molecule has 0 spiro atoms. The van der Waals surface area contributed by atoms with E-state index in [0.29, 0.717) is 23.7 Å². The van der Waals surface area contributed by atoms with Crippen LogP contribution in [-0.2, 0) is 11.3 Å². The first-order valence-corrected chi connectivity index (χ1v) is 10.3. The Bertz CT molecular complexity index is 1210. The molecule has 1 aliphatic heterocycles. The van der Waals surface area contributed by atoms with E-state index in [2.05, 4.69) is 20.4 Å². The summed E-state index contributed by atoms with van der Waals surface area (Å²) in [6, 6.07) is 15.4. The monoisotopic (exact) mass is 419 g/mol. The third-order valence-corrected chi connectivity index (χ3v) is 5.57. The lowest BCUT2D eigenvalue weighted by Crippen LogP contribution is -2.14. The van der Waals surface area contributed by atoms with E-state index in [1.54, 1.807) is 24.4 Å². The molecule has 3 heterocycles. The Kier molecular flexibility index (Phi) is 4.94. The molecule has 0 saturated carbocycles. The van der Waals surface area contributed by atoms with Crippen LogP contribution in [-0.4, -0.2) is 38.2 Å². The van der Waals surface area contributed by atoms with Gasteiger partial charge in [-0.2, -0.15) is 5.10 Å². The van der Waals surface area contributed by atoms with E-state index >= 15 is 0 Å². The van der Waals surface area contributed by atoms with Crippen LogP contribution in [0.15, 0.2) is 66.1 Å². The van der Waals surface area contributed by atoms with E-state index in [9.17, 15) is 4.79 Å². The molecule has 2 aromatic heterocycles. The van der Waals surface area contributed by atoms with Gasteiger partial charge in [-0.1, -0.05) is 42.1 Å². The molecule has 0 fully saturated rings. The molecule has 4 aromatic rings. The number of amides is 1. The second-order valence-corrected chi connectivity index (χ2v) is 7.57. The van der Waals surface area contributed by atoms with Gasteiger partial charge in [0.2, 0.25) is 12.7 Å². The molecule has 0 aliphatic carbocycles. The SMILES string of the molecule is O=C(CSc1ncnc2c1cnn2Cc1ccccc1)Nc1ccc2c(c1)OCO2. The van der Waals surface area contributed by atoms with E-state index < -0.39 is 0 Å². The number of nitrogens with zero attached hydrogens (tertiary/aromatic N) is 4. The van der Waals surface area contributed by atoms with E-state index in [0.717, 1.165) is 21.6 Å². The van der Waals surface area contributed by atoms with Crippen LogP contribution in [0.1, 0.15) is 5.56 Å². The van der Waals surface area contributed by atoms with Gasteiger partial charge in [0.15, 0.2) is 17.1 Å². The summed E-state index contributed by atoms with van der Waals surface area (Å²) in [5.74, 6) is 1.38.